The standard InChI is InChI=1S/C9H7BrF3N3O2/c1-2-18-7(17)5-6(9(11,12)13)15-8(10)16(5)4-3-14/h2,4H2,1H3. The molecule has 0 aromatic carbocycles. The lowest BCUT2D eigenvalue weighted by Gasteiger charge is -2.08. The van der Waals surface area contributed by atoms with Crippen LogP contribution in [0.3, 0.4) is 0 Å². The van der Waals surface area contributed by atoms with E-state index >= 15 is 0 Å². The number of carbonyl (C=O) groups excluding carboxylic acids is 1. The van der Waals surface area contributed by atoms with Gasteiger partial charge in [0.1, 0.15) is 6.54 Å². The fraction of sp³-hybridized carbons (Fsp3) is 0.444. The summed E-state index contributed by atoms with van der Waals surface area (Å²) >= 11 is 2.77. The van der Waals surface area contributed by atoms with E-state index in [2.05, 4.69) is 25.7 Å². The molecular weight excluding hydrogens is 319 g/mol. The van der Waals surface area contributed by atoms with Gasteiger partial charge in [-0.2, -0.15) is 18.4 Å². The van der Waals surface area contributed by atoms with Crippen LogP contribution in [0, 0.1) is 11.3 Å². The molecule has 1 heterocycles. The molecule has 0 fully saturated rings. The second-order valence-electron chi connectivity index (χ2n) is 3.04. The van der Waals surface area contributed by atoms with Crippen molar-refractivity contribution in [2.24, 2.45) is 0 Å². The lowest BCUT2D eigenvalue weighted by molar-refractivity contribution is -0.141. The fourth-order valence-corrected chi connectivity index (χ4v) is 1.72. The molecule has 0 unspecified atom stereocenters. The second-order valence-corrected chi connectivity index (χ2v) is 3.75. The van der Waals surface area contributed by atoms with Crippen LogP contribution in [0.25, 0.3) is 0 Å². The zero-order chi connectivity index (χ0) is 13.9. The van der Waals surface area contributed by atoms with Crippen LogP contribution in [0.2, 0.25) is 0 Å². The summed E-state index contributed by atoms with van der Waals surface area (Å²) in [6, 6.07) is 1.64. The van der Waals surface area contributed by atoms with Gasteiger partial charge in [-0.3, -0.25) is 4.57 Å². The van der Waals surface area contributed by atoms with E-state index in [4.69, 9.17) is 5.26 Å². The number of carbonyl (C=O) groups is 1. The number of esters is 1. The maximum absolute atomic E-state index is 12.7. The molecule has 1 aromatic rings. The maximum Gasteiger partial charge on any atom is 0.435 e. The highest BCUT2D eigenvalue weighted by Crippen LogP contribution is 2.33. The van der Waals surface area contributed by atoms with E-state index in [0.29, 0.717) is 0 Å². The first-order valence-electron chi connectivity index (χ1n) is 4.70. The minimum absolute atomic E-state index is 0.0779. The van der Waals surface area contributed by atoms with Crippen LogP contribution in [-0.4, -0.2) is 22.1 Å². The Bertz CT molecular complexity index is 504. The van der Waals surface area contributed by atoms with Crippen LogP contribution in [0.1, 0.15) is 23.1 Å². The van der Waals surface area contributed by atoms with Crippen LogP contribution >= 0.6 is 15.9 Å². The predicted octanol–water partition coefficient (Wildman–Crippen LogP) is 2.36. The van der Waals surface area contributed by atoms with E-state index in [0.717, 1.165) is 4.57 Å². The predicted molar refractivity (Wildman–Crippen MR) is 56.5 cm³/mol. The Balaban J connectivity index is 3.41. The van der Waals surface area contributed by atoms with Crippen LogP contribution in [0.4, 0.5) is 13.2 Å². The first-order valence-corrected chi connectivity index (χ1v) is 5.49. The van der Waals surface area contributed by atoms with E-state index < -0.39 is 30.1 Å². The van der Waals surface area contributed by atoms with Gasteiger partial charge in [0, 0.05) is 0 Å². The molecule has 0 atom stereocenters. The summed E-state index contributed by atoms with van der Waals surface area (Å²) in [7, 11) is 0. The highest BCUT2D eigenvalue weighted by molar-refractivity contribution is 9.10. The number of aromatic nitrogens is 2. The molecule has 0 aliphatic rings. The first kappa shape index (κ1) is 14.5. The number of ether oxygens (including phenoxy) is 1. The number of rotatable bonds is 3. The van der Waals surface area contributed by atoms with Crippen molar-refractivity contribution in [2.75, 3.05) is 6.61 Å². The van der Waals surface area contributed by atoms with Crippen molar-refractivity contribution in [3.05, 3.63) is 16.1 Å². The van der Waals surface area contributed by atoms with Crippen LogP contribution < -0.4 is 0 Å². The van der Waals surface area contributed by atoms with Gasteiger partial charge in [-0.05, 0) is 22.9 Å². The maximum atomic E-state index is 12.7. The number of nitrogens with zero attached hydrogens (tertiary/aromatic N) is 3. The number of imidazole rings is 1. The average Bonchev–Trinajstić information content (AvgIpc) is 2.57. The summed E-state index contributed by atoms with van der Waals surface area (Å²) in [5.74, 6) is -1.17. The SMILES string of the molecule is CCOC(=O)c1c(C(F)(F)F)nc(Br)n1CC#N. The Morgan fingerprint density at radius 1 is 1.61 bits per heavy atom. The first-order chi connectivity index (χ1) is 8.32. The van der Waals surface area contributed by atoms with Crippen molar-refractivity contribution in [1.29, 1.82) is 5.26 Å². The molecule has 0 saturated heterocycles. The Labute approximate surface area is 108 Å². The van der Waals surface area contributed by atoms with Crippen molar-refractivity contribution >= 4 is 21.9 Å². The quantitative estimate of drug-likeness (QED) is 0.800. The van der Waals surface area contributed by atoms with Gasteiger partial charge in [-0.25, -0.2) is 9.78 Å². The minimum Gasteiger partial charge on any atom is -0.461 e. The molecule has 98 valence electrons. The van der Waals surface area contributed by atoms with E-state index in [1.54, 1.807) is 6.07 Å². The molecule has 0 spiro atoms. The van der Waals surface area contributed by atoms with Gasteiger partial charge >= 0.3 is 12.1 Å². The normalized spacial score (nSPS) is 11.1. The molecule has 1 rings (SSSR count). The monoisotopic (exact) mass is 325 g/mol. The molecule has 9 heteroatoms. The summed E-state index contributed by atoms with van der Waals surface area (Å²) < 4.78 is 43.2. The lowest BCUT2D eigenvalue weighted by Crippen LogP contribution is -2.18. The Hall–Kier alpha value is -1.56. The van der Waals surface area contributed by atoms with Crippen molar-refractivity contribution < 1.29 is 22.7 Å². The Kier molecular flexibility index (Phi) is 4.34. The summed E-state index contributed by atoms with van der Waals surface area (Å²) in [6.07, 6.45) is -4.80. The molecule has 5 nitrogen and oxygen atoms in total. The van der Waals surface area contributed by atoms with Crippen molar-refractivity contribution in [1.82, 2.24) is 9.55 Å². The van der Waals surface area contributed by atoms with Crippen molar-refractivity contribution in [2.45, 2.75) is 19.6 Å². The highest BCUT2D eigenvalue weighted by Gasteiger charge is 2.41. The smallest absolute Gasteiger partial charge is 0.435 e. The Morgan fingerprint density at radius 3 is 2.67 bits per heavy atom. The molecule has 18 heavy (non-hydrogen) atoms. The Morgan fingerprint density at radius 2 is 2.22 bits per heavy atom. The molecule has 0 aliphatic carbocycles. The lowest BCUT2D eigenvalue weighted by atomic mass is 10.3. The molecule has 0 aliphatic heterocycles. The van der Waals surface area contributed by atoms with Crippen LogP contribution in [0.5, 0.6) is 0 Å². The third-order valence-corrected chi connectivity index (χ3v) is 2.49. The van der Waals surface area contributed by atoms with E-state index in [9.17, 15) is 18.0 Å². The number of hydrogen-bond donors (Lipinski definition) is 0. The van der Waals surface area contributed by atoms with Gasteiger partial charge in [-0.15, -0.1) is 0 Å². The van der Waals surface area contributed by atoms with Crippen molar-refractivity contribution in [3.8, 4) is 6.07 Å². The average molecular weight is 326 g/mol. The summed E-state index contributed by atoms with van der Waals surface area (Å²) in [4.78, 5) is 14.7. The third-order valence-electron chi connectivity index (χ3n) is 1.89. The molecule has 0 bridgehead atoms. The van der Waals surface area contributed by atoms with Gasteiger partial charge in [0.2, 0.25) is 0 Å². The number of alkyl halides is 3. The van der Waals surface area contributed by atoms with Crippen LogP contribution in [0.15, 0.2) is 4.73 Å². The van der Waals surface area contributed by atoms with Gasteiger partial charge < -0.3 is 4.74 Å². The molecule has 0 N–H and O–H groups in total. The van der Waals surface area contributed by atoms with Crippen LogP contribution in [-0.2, 0) is 17.5 Å². The van der Waals surface area contributed by atoms with Gasteiger partial charge in [0.15, 0.2) is 16.1 Å². The minimum atomic E-state index is -4.80. The second kappa shape index (κ2) is 5.39. The largest absolute Gasteiger partial charge is 0.461 e. The van der Waals surface area contributed by atoms with Gasteiger partial charge in [0.05, 0.1) is 12.7 Å². The molecule has 0 saturated carbocycles. The van der Waals surface area contributed by atoms with E-state index in [1.165, 1.54) is 6.92 Å². The van der Waals surface area contributed by atoms with E-state index in [-0.39, 0.29) is 11.3 Å². The number of halogens is 4. The molecule has 0 amide bonds. The molecular formula is C9H7BrF3N3O2. The zero-order valence-corrected chi connectivity index (χ0v) is 10.7. The third kappa shape index (κ3) is 2.81. The molecule has 0 radical (unpaired) electrons. The van der Waals surface area contributed by atoms with Crippen molar-refractivity contribution in [3.63, 3.8) is 0 Å². The zero-order valence-electron chi connectivity index (χ0n) is 9.08. The van der Waals surface area contributed by atoms with Gasteiger partial charge in [-0.1, -0.05) is 0 Å². The van der Waals surface area contributed by atoms with E-state index in [1.807, 2.05) is 0 Å². The molecule has 1 aromatic heterocycles. The highest BCUT2D eigenvalue weighted by atomic mass is 79.9. The topological polar surface area (TPSA) is 67.9 Å². The number of nitriles is 1. The van der Waals surface area contributed by atoms with Gasteiger partial charge in [0.25, 0.3) is 0 Å². The number of hydrogen-bond acceptors (Lipinski definition) is 4. The summed E-state index contributed by atoms with van der Waals surface area (Å²) in [5.41, 5.74) is -2.15. The fourth-order valence-electron chi connectivity index (χ4n) is 1.24. The summed E-state index contributed by atoms with van der Waals surface area (Å²) in [5, 5.41) is 8.54. The summed E-state index contributed by atoms with van der Waals surface area (Å²) in [6.45, 7) is 0.939.